The summed E-state index contributed by atoms with van der Waals surface area (Å²) in [4.78, 5) is 22.1. The van der Waals surface area contributed by atoms with Crippen LogP contribution < -0.4 is 5.32 Å². The van der Waals surface area contributed by atoms with Crippen LogP contribution in [0.15, 0.2) is 28.6 Å². The third-order valence-electron chi connectivity index (χ3n) is 2.50. The van der Waals surface area contributed by atoms with Crippen LogP contribution in [0.2, 0.25) is 0 Å². The predicted octanol–water partition coefficient (Wildman–Crippen LogP) is 2.87. The topological polar surface area (TPSA) is 98.0 Å². The van der Waals surface area contributed by atoms with Crippen molar-refractivity contribution < 1.29 is 9.72 Å². The molecule has 1 aromatic heterocycles. The first kappa shape index (κ1) is 15.4. The lowest BCUT2D eigenvalue weighted by molar-refractivity contribution is -0.384. The molecule has 0 aliphatic carbocycles. The molecule has 1 aromatic carbocycles. The number of carbonyl (C=O) groups is 1. The molecule has 0 radical (unpaired) electrons. The highest BCUT2D eigenvalue weighted by Crippen LogP contribution is 2.27. The number of hydrogen-bond donors (Lipinski definition) is 1. The quantitative estimate of drug-likeness (QED) is 0.516. The molecule has 0 aliphatic rings. The third-order valence-corrected chi connectivity index (χ3v) is 4.52. The zero-order chi connectivity index (χ0) is 15.4. The maximum atomic E-state index is 12.0. The average Bonchev–Trinajstić information content (AvgIpc) is 2.84. The Morgan fingerprint density at radius 2 is 2.05 bits per heavy atom. The van der Waals surface area contributed by atoms with E-state index in [0.717, 1.165) is 9.35 Å². The van der Waals surface area contributed by atoms with E-state index in [-0.39, 0.29) is 16.8 Å². The number of nitrogens with zero attached hydrogens (tertiary/aromatic N) is 3. The number of thioether (sulfide) groups is 1. The highest BCUT2D eigenvalue weighted by atomic mass is 32.2. The Kier molecular flexibility index (Phi) is 4.86. The fraction of sp³-hybridized carbons (Fsp3) is 0.250. The molecule has 0 aliphatic heterocycles. The van der Waals surface area contributed by atoms with Crippen molar-refractivity contribution >= 4 is 40.4 Å². The lowest BCUT2D eigenvalue weighted by atomic mass is 10.3. The summed E-state index contributed by atoms with van der Waals surface area (Å²) in [6.07, 6.45) is 0. The fourth-order valence-electron chi connectivity index (χ4n) is 1.44. The van der Waals surface area contributed by atoms with Gasteiger partial charge in [0.2, 0.25) is 5.91 Å². The number of anilines is 1. The van der Waals surface area contributed by atoms with E-state index < -0.39 is 4.92 Å². The first-order valence-electron chi connectivity index (χ1n) is 5.98. The summed E-state index contributed by atoms with van der Waals surface area (Å²) in [6.45, 7) is 3.62. The van der Waals surface area contributed by atoms with Crippen LogP contribution in [-0.2, 0) is 4.79 Å². The lowest BCUT2D eigenvalue weighted by Crippen LogP contribution is -2.22. The number of aryl methyl sites for hydroxylation is 1. The maximum Gasteiger partial charge on any atom is 0.269 e. The van der Waals surface area contributed by atoms with Gasteiger partial charge in [-0.05, 0) is 26.0 Å². The second-order valence-corrected chi connectivity index (χ2v) is 6.91. The number of carbonyl (C=O) groups excluding carboxylic acids is 1. The molecular weight excluding hydrogens is 312 g/mol. The molecular formula is C12H12N4O3S2. The van der Waals surface area contributed by atoms with Gasteiger partial charge < -0.3 is 5.32 Å². The van der Waals surface area contributed by atoms with E-state index in [9.17, 15) is 14.9 Å². The normalized spacial score (nSPS) is 11.9. The molecule has 110 valence electrons. The lowest BCUT2D eigenvalue weighted by Gasteiger charge is -2.09. The first-order valence-corrected chi connectivity index (χ1v) is 7.67. The van der Waals surface area contributed by atoms with Crippen LogP contribution >= 0.6 is 23.1 Å². The van der Waals surface area contributed by atoms with Gasteiger partial charge in [-0.2, -0.15) is 0 Å². The van der Waals surface area contributed by atoms with Crippen LogP contribution in [0.3, 0.4) is 0 Å². The van der Waals surface area contributed by atoms with Crippen LogP contribution in [0, 0.1) is 17.0 Å². The van der Waals surface area contributed by atoms with Crippen LogP contribution in [0.1, 0.15) is 11.9 Å². The summed E-state index contributed by atoms with van der Waals surface area (Å²) in [5.74, 6) is -0.193. The van der Waals surface area contributed by atoms with Crippen LogP contribution in [0.4, 0.5) is 11.4 Å². The van der Waals surface area contributed by atoms with Gasteiger partial charge in [0.15, 0.2) is 4.34 Å². The van der Waals surface area contributed by atoms with Gasteiger partial charge in [-0.25, -0.2) is 0 Å². The summed E-state index contributed by atoms with van der Waals surface area (Å²) >= 11 is 2.76. The zero-order valence-corrected chi connectivity index (χ0v) is 12.9. The average molecular weight is 324 g/mol. The molecule has 2 rings (SSSR count). The van der Waals surface area contributed by atoms with E-state index in [1.165, 1.54) is 47.4 Å². The van der Waals surface area contributed by atoms with E-state index in [1.54, 1.807) is 6.92 Å². The van der Waals surface area contributed by atoms with Crippen molar-refractivity contribution in [2.45, 2.75) is 23.4 Å². The Hall–Kier alpha value is -2.00. The minimum atomic E-state index is -0.484. The number of benzene rings is 1. The van der Waals surface area contributed by atoms with Gasteiger partial charge in [0.05, 0.1) is 10.2 Å². The Morgan fingerprint density at radius 1 is 1.38 bits per heavy atom. The van der Waals surface area contributed by atoms with Crippen LogP contribution in [0.5, 0.6) is 0 Å². The van der Waals surface area contributed by atoms with Crippen molar-refractivity contribution in [3.63, 3.8) is 0 Å². The number of nitro benzene ring substituents is 1. The highest BCUT2D eigenvalue weighted by Gasteiger charge is 2.17. The fourth-order valence-corrected chi connectivity index (χ4v) is 3.40. The highest BCUT2D eigenvalue weighted by molar-refractivity contribution is 8.02. The molecule has 7 nitrogen and oxygen atoms in total. The zero-order valence-electron chi connectivity index (χ0n) is 11.3. The molecule has 21 heavy (non-hydrogen) atoms. The van der Waals surface area contributed by atoms with Crippen molar-refractivity contribution in [1.29, 1.82) is 0 Å². The summed E-state index contributed by atoms with van der Waals surface area (Å²) < 4.78 is 0.735. The molecule has 2 aromatic rings. The second kappa shape index (κ2) is 6.64. The van der Waals surface area contributed by atoms with Gasteiger partial charge in [-0.1, -0.05) is 23.1 Å². The van der Waals surface area contributed by atoms with E-state index in [1.807, 2.05) is 6.92 Å². The number of nitrogens with one attached hydrogen (secondary N) is 1. The number of non-ortho nitro benzene ring substituents is 1. The van der Waals surface area contributed by atoms with Crippen LogP contribution in [-0.4, -0.2) is 26.3 Å². The molecule has 1 amide bonds. The molecule has 1 heterocycles. The van der Waals surface area contributed by atoms with Crippen molar-refractivity contribution in [1.82, 2.24) is 10.2 Å². The molecule has 0 saturated carbocycles. The molecule has 9 heteroatoms. The van der Waals surface area contributed by atoms with Crippen molar-refractivity contribution in [3.05, 3.63) is 39.4 Å². The molecule has 0 unspecified atom stereocenters. The molecule has 0 fully saturated rings. The van der Waals surface area contributed by atoms with Gasteiger partial charge in [-0.3, -0.25) is 14.9 Å². The third kappa shape index (κ3) is 4.23. The van der Waals surface area contributed by atoms with E-state index in [2.05, 4.69) is 15.5 Å². The van der Waals surface area contributed by atoms with E-state index >= 15 is 0 Å². The second-order valence-electron chi connectivity index (χ2n) is 4.14. The maximum absolute atomic E-state index is 12.0. The molecule has 0 saturated heterocycles. The monoisotopic (exact) mass is 324 g/mol. The van der Waals surface area contributed by atoms with Gasteiger partial charge >= 0.3 is 0 Å². The standard InChI is InChI=1S/C12H12N4O3S2/c1-7(20-12-15-14-8(2)21-12)11(17)13-9-3-5-10(6-4-9)16(18)19/h3-7H,1-2H3,(H,13,17)/t7-/m1/s1. The number of aromatic nitrogens is 2. The van der Waals surface area contributed by atoms with Gasteiger partial charge in [0.1, 0.15) is 5.01 Å². The summed E-state index contributed by atoms with van der Waals surface area (Å²) in [7, 11) is 0. The first-order chi connectivity index (χ1) is 9.95. The number of nitro groups is 1. The number of rotatable bonds is 5. The van der Waals surface area contributed by atoms with Crippen molar-refractivity contribution in [3.8, 4) is 0 Å². The largest absolute Gasteiger partial charge is 0.325 e. The molecule has 1 atom stereocenters. The van der Waals surface area contributed by atoms with Crippen molar-refractivity contribution in [2.75, 3.05) is 5.32 Å². The summed E-state index contributed by atoms with van der Waals surface area (Å²) in [6, 6.07) is 5.70. The van der Waals surface area contributed by atoms with E-state index in [0.29, 0.717) is 5.69 Å². The summed E-state index contributed by atoms with van der Waals surface area (Å²) in [5.41, 5.74) is 0.506. The van der Waals surface area contributed by atoms with Gasteiger partial charge in [0, 0.05) is 17.8 Å². The Labute approximate surface area is 128 Å². The Morgan fingerprint density at radius 3 is 2.57 bits per heavy atom. The minimum Gasteiger partial charge on any atom is -0.325 e. The van der Waals surface area contributed by atoms with Gasteiger partial charge in [-0.15, -0.1) is 10.2 Å². The predicted molar refractivity (Wildman–Crippen MR) is 81.7 cm³/mol. The minimum absolute atomic E-state index is 0.0141. The SMILES string of the molecule is Cc1nnc(S[C@H](C)C(=O)Nc2ccc([N+](=O)[O-])cc2)s1. The number of amides is 1. The van der Waals surface area contributed by atoms with E-state index in [4.69, 9.17) is 0 Å². The Balaban J connectivity index is 1.95. The van der Waals surface area contributed by atoms with Crippen LogP contribution in [0.25, 0.3) is 0 Å². The molecule has 1 N–H and O–H groups in total. The number of hydrogen-bond acceptors (Lipinski definition) is 7. The molecule has 0 spiro atoms. The summed E-state index contributed by atoms with van der Waals surface area (Å²) in [5, 5.41) is 21.6. The Bertz CT molecular complexity index is 657. The smallest absolute Gasteiger partial charge is 0.269 e. The molecule has 0 bridgehead atoms. The van der Waals surface area contributed by atoms with Crippen molar-refractivity contribution in [2.24, 2.45) is 0 Å². The van der Waals surface area contributed by atoms with Gasteiger partial charge in [0.25, 0.3) is 5.69 Å².